The lowest BCUT2D eigenvalue weighted by molar-refractivity contribution is 0.263. The van der Waals surface area contributed by atoms with Crippen molar-refractivity contribution in [1.82, 2.24) is 4.90 Å². The van der Waals surface area contributed by atoms with Gasteiger partial charge in [0.25, 0.3) is 0 Å². The van der Waals surface area contributed by atoms with Crippen LogP contribution < -0.4 is 5.73 Å². The Morgan fingerprint density at radius 1 is 1.40 bits per heavy atom. The van der Waals surface area contributed by atoms with Crippen LogP contribution in [0.2, 0.25) is 10.0 Å². The molecular weight excluding hydrogens is 231 g/mol. The summed E-state index contributed by atoms with van der Waals surface area (Å²) in [6.07, 6.45) is 0. The van der Waals surface area contributed by atoms with Gasteiger partial charge in [-0.15, -0.1) is 0 Å². The Labute approximate surface area is 101 Å². The van der Waals surface area contributed by atoms with Crippen molar-refractivity contribution in [3.63, 3.8) is 0 Å². The Kier molecular flexibility index (Phi) is 4.87. The summed E-state index contributed by atoms with van der Waals surface area (Å²) in [5.41, 5.74) is 6.79. The summed E-state index contributed by atoms with van der Waals surface area (Å²) in [6.45, 7) is 3.57. The highest BCUT2D eigenvalue weighted by molar-refractivity contribution is 6.35. The summed E-state index contributed by atoms with van der Waals surface area (Å²) in [7, 11) is 2.03. The molecule has 1 unspecified atom stereocenters. The predicted molar refractivity (Wildman–Crippen MR) is 66.6 cm³/mol. The quantitative estimate of drug-likeness (QED) is 0.886. The molecule has 2 nitrogen and oxygen atoms in total. The minimum Gasteiger partial charge on any atom is -0.329 e. The molecule has 0 amide bonds. The van der Waals surface area contributed by atoms with Gasteiger partial charge in [-0.1, -0.05) is 36.2 Å². The Morgan fingerprint density at radius 2 is 2.07 bits per heavy atom. The highest BCUT2D eigenvalue weighted by atomic mass is 35.5. The summed E-state index contributed by atoms with van der Waals surface area (Å²) in [6, 6.07) is 5.69. The van der Waals surface area contributed by atoms with Crippen LogP contribution in [-0.2, 0) is 0 Å². The molecule has 84 valence electrons. The van der Waals surface area contributed by atoms with Crippen LogP contribution in [0.15, 0.2) is 18.2 Å². The molecule has 0 radical (unpaired) electrons. The van der Waals surface area contributed by atoms with Gasteiger partial charge in [-0.25, -0.2) is 0 Å². The van der Waals surface area contributed by atoms with Crippen LogP contribution in [-0.4, -0.2) is 25.0 Å². The molecule has 0 fully saturated rings. The van der Waals surface area contributed by atoms with E-state index in [4.69, 9.17) is 28.9 Å². The summed E-state index contributed by atoms with van der Waals surface area (Å²) < 4.78 is 0. The first-order valence-corrected chi connectivity index (χ1v) is 5.71. The van der Waals surface area contributed by atoms with Crippen molar-refractivity contribution in [2.75, 3.05) is 20.1 Å². The zero-order chi connectivity index (χ0) is 11.4. The Hall–Kier alpha value is -0.280. The van der Waals surface area contributed by atoms with Crippen molar-refractivity contribution in [2.24, 2.45) is 5.73 Å². The van der Waals surface area contributed by atoms with Crippen LogP contribution in [0.3, 0.4) is 0 Å². The van der Waals surface area contributed by atoms with Gasteiger partial charge in [0.05, 0.1) is 0 Å². The first-order chi connectivity index (χ1) is 7.10. The molecule has 0 bridgehead atoms. The molecule has 0 aliphatic carbocycles. The van der Waals surface area contributed by atoms with Gasteiger partial charge in [-0.05, 0) is 31.3 Å². The molecule has 1 aromatic carbocycles. The van der Waals surface area contributed by atoms with Gasteiger partial charge >= 0.3 is 0 Å². The van der Waals surface area contributed by atoms with Crippen molar-refractivity contribution in [1.29, 1.82) is 0 Å². The van der Waals surface area contributed by atoms with Crippen LogP contribution in [0.1, 0.15) is 18.5 Å². The molecule has 0 aromatic heterocycles. The predicted octanol–water partition coefficient (Wildman–Crippen LogP) is 2.94. The van der Waals surface area contributed by atoms with Gasteiger partial charge in [0, 0.05) is 22.6 Å². The van der Waals surface area contributed by atoms with Gasteiger partial charge in [0.15, 0.2) is 0 Å². The molecular formula is C11H16Cl2N2. The third-order valence-corrected chi connectivity index (χ3v) is 3.14. The number of halogens is 2. The van der Waals surface area contributed by atoms with Gasteiger partial charge in [-0.3, -0.25) is 4.90 Å². The molecule has 0 spiro atoms. The third kappa shape index (κ3) is 3.08. The van der Waals surface area contributed by atoms with E-state index in [1.54, 1.807) is 6.07 Å². The normalized spacial score (nSPS) is 13.2. The number of rotatable bonds is 4. The van der Waals surface area contributed by atoms with E-state index in [1.807, 2.05) is 19.2 Å². The summed E-state index contributed by atoms with van der Waals surface area (Å²) in [5.74, 6) is 0. The first kappa shape index (κ1) is 12.8. The number of hydrogen-bond acceptors (Lipinski definition) is 2. The lowest BCUT2D eigenvalue weighted by Gasteiger charge is -2.26. The standard InChI is InChI=1S/C11H16Cl2N2/c1-3-15(2)11(7-14)9-5-4-8(12)6-10(9)13/h4-6,11H,3,7,14H2,1-2H3. The lowest BCUT2D eigenvalue weighted by atomic mass is 10.1. The van der Waals surface area contributed by atoms with Gasteiger partial charge in [0.1, 0.15) is 0 Å². The maximum Gasteiger partial charge on any atom is 0.0482 e. The summed E-state index contributed by atoms with van der Waals surface area (Å²) in [5, 5.41) is 1.33. The number of likely N-dealkylation sites (N-methyl/N-ethyl adjacent to an activating group) is 1. The lowest BCUT2D eigenvalue weighted by Crippen LogP contribution is -2.30. The molecule has 1 rings (SSSR count). The van der Waals surface area contributed by atoms with Crippen LogP contribution in [0.25, 0.3) is 0 Å². The number of nitrogens with two attached hydrogens (primary N) is 1. The minimum atomic E-state index is 0.153. The maximum absolute atomic E-state index is 6.14. The van der Waals surface area contributed by atoms with E-state index < -0.39 is 0 Å². The van der Waals surface area contributed by atoms with Crippen LogP contribution in [0.5, 0.6) is 0 Å². The zero-order valence-electron chi connectivity index (χ0n) is 9.00. The molecule has 0 aliphatic heterocycles. The van der Waals surface area contributed by atoms with Crippen LogP contribution in [0, 0.1) is 0 Å². The average molecular weight is 247 g/mol. The average Bonchev–Trinajstić information content (AvgIpc) is 2.21. The summed E-state index contributed by atoms with van der Waals surface area (Å²) >= 11 is 12.0. The molecule has 15 heavy (non-hydrogen) atoms. The van der Waals surface area contributed by atoms with E-state index in [2.05, 4.69) is 11.8 Å². The zero-order valence-corrected chi connectivity index (χ0v) is 10.5. The minimum absolute atomic E-state index is 0.153. The van der Waals surface area contributed by atoms with Crippen molar-refractivity contribution in [3.05, 3.63) is 33.8 Å². The molecule has 1 aromatic rings. The third-order valence-electron chi connectivity index (χ3n) is 2.58. The second-order valence-corrected chi connectivity index (χ2v) is 4.33. The highest BCUT2D eigenvalue weighted by Crippen LogP contribution is 2.28. The summed E-state index contributed by atoms with van der Waals surface area (Å²) in [4.78, 5) is 2.16. The number of benzene rings is 1. The van der Waals surface area contributed by atoms with Crippen molar-refractivity contribution >= 4 is 23.2 Å². The van der Waals surface area contributed by atoms with E-state index in [-0.39, 0.29) is 6.04 Å². The monoisotopic (exact) mass is 246 g/mol. The SMILES string of the molecule is CCN(C)C(CN)c1ccc(Cl)cc1Cl. The maximum atomic E-state index is 6.14. The van der Waals surface area contributed by atoms with Gasteiger partial charge in [-0.2, -0.15) is 0 Å². The Balaban J connectivity index is 3.01. The fraction of sp³-hybridized carbons (Fsp3) is 0.455. The molecule has 4 heteroatoms. The molecule has 2 N–H and O–H groups in total. The number of nitrogens with zero attached hydrogens (tertiary/aromatic N) is 1. The van der Waals surface area contributed by atoms with E-state index in [0.717, 1.165) is 12.1 Å². The van der Waals surface area contributed by atoms with Crippen LogP contribution in [0.4, 0.5) is 0 Å². The van der Waals surface area contributed by atoms with Crippen molar-refractivity contribution < 1.29 is 0 Å². The van der Waals surface area contributed by atoms with E-state index in [9.17, 15) is 0 Å². The second-order valence-electron chi connectivity index (χ2n) is 3.49. The fourth-order valence-corrected chi connectivity index (χ4v) is 2.07. The topological polar surface area (TPSA) is 29.3 Å². The van der Waals surface area contributed by atoms with Gasteiger partial charge in [0.2, 0.25) is 0 Å². The smallest absolute Gasteiger partial charge is 0.0482 e. The van der Waals surface area contributed by atoms with Crippen molar-refractivity contribution in [3.8, 4) is 0 Å². The first-order valence-electron chi connectivity index (χ1n) is 4.95. The molecule has 0 saturated heterocycles. The molecule has 0 aliphatic rings. The molecule has 0 saturated carbocycles. The fourth-order valence-electron chi connectivity index (χ4n) is 1.54. The Morgan fingerprint density at radius 3 is 2.53 bits per heavy atom. The van der Waals surface area contributed by atoms with E-state index in [1.165, 1.54) is 0 Å². The largest absolute Gasteiger partial charge is 0.329 e. The van der Waals surface area contributed by atoms with Crippen molar-refractivity contribution in [2.45, 2.75) is 13.0 Å². The van der Waals surface area contributed by atoms with E-state index in [0.29, 0.717) is 16.6 Å². The molecule has 1 atom stereocenters. The number of hydrogen-bond donors (Lipinski definition) is 1. The van der Waals surface area contributed by atoms with Crippen LogP contribution >= 0.6 is 23.2 Å². The second kappa shape index (κ2) is 5.71. The highest BCUT2D eigenvalue weighted by Gasteiger charge is 2.16. The van der Waals surface area contributed by atoms with Gasteiger partial charge < -0.3 is 5.73 Å². The van der Waals surface area contributed by atoms with E-state index >= 15 is 0 Å². The molecule has 0 heterocycles. The Bertz CT molecular complexity index is 328.